The molecule has 0 radical (unpaired) electrons. The van der Waals surface area contributed by atoms with E-state index in [0.29, 0.717) is 6.54 Å². The monoisotopic (exact) mass is 379 g/mol. The molecule has 1 aromatic heterocycles. The number of rotatable bonds is 9. The van der Waals surface area contributed by atoms with Gasteiger partial charge in [0.1, 0.15) is 0 Å². The SMILES string of the molecule is CN(CCCNC(=O)COC(=O)Cc1c[nH]c2ccccc12)c1ccccc1. The van der Waals surface area contributed by atoms with E-state index in [9.17, 15) is 9.59 Å². The van der Waals surface area contributed by atoms with Crippen LogP contribution in [0.3, 0.4) is 0 Å². The molecule has 0 aliphatic carbocycles. The van der Waals surface area contributed by atoms with Gasteiger partial charge in [0.15, 0.2) is 6.61 Å². The molecule has 0 aliphatic heterocycles. The zero-order valence-electron chi connectivity index (χ0n) is 16.0. The molecule has 2 N–H and O–H groups in total. The molecule has 1 heterocycles. The van der Waals surface area contributed by atoms with Gasteiger partial charge in [-0.3, -0.25) is 9.59 Å². The van der Waals surface area contributed by atoms with Gasteiger partial charge < -0.3 is 19.9 Å². The van der Waals surface area contributed by atoms with Crippen molar-refractivity contribution in [2.75, 3.05) is 31.6 Å². The zero-order chi connectivity index (χ0) is 19.8. The second-order valence-electron chi connectivity index (χ2n) is 6.66. The molecule has 0 fully saturated rings. The van der Waals surface area contributed by atoms with Gasteiger partial charge in [0, 0.05) is 42.9 Å². The number of nitrogens with one attached hydrogen (secondary N) is 2. The number of hydrogen-bond donors (Lipinski definition) is 2. The summed E-state index contributed by atoms with van der Waals surface area (Å²) >= 11 is 0. The van der Waals surface area contributed by atoms with Gasteiger partial charge in [-0.05, 0) is 30.2 Å². The maximum absolute atomic E-state index is 12.0. The lowest BCUT2D eigenvalue weighted by Crippen LogP contribution is -2.31. The number of carbonyl (C=O) groups is 2. The predicted molar refractivity (Wildman–Crippen MR) is 110 cm³/mol. The Morgan fingerprint density at radius 1 is 1.07 bits per heavy atom. The second-order valence-corrected chi connectivity index (χ2v) is 6.66. The largest absolute Gasteiger partial charge is 0.455 e. The lowest BCUT2D eigenvalue weighted by molar-refractivity contribution is -0.147. The number of amides is 1. The minimum atomic E-state index is -0.413. The van der Waals surface area contributed by atoms with Crippen molar-refractivity contribution >= 4 is 28.5 Å². The highest BCUT2D eigenvalue weighted by Gasteiger charge is 2.11. The first-order chi connectivity index (χ1) is 13.6. The van der Waals surface area contributed by atoms with Crippen molar-refractivity contribution in [3.8, 4) is 0 Å². The first-order valence-corrected chi connectivity index (χ1v) is 9.37. The van der Waals surface area contributed by atoms with Gasteiger partial charge in [0.25, 0.3) is 5.91 Å². The van der Waals surface area contributed by atoms with E-state index in [2.05, 4.69) is 15.2 Å². The number of esters is 1. The fraction of sp³-hybridized carbons (Fsp3) is 0.273. The van der Waals surface area contributed by atoms with E-state index in [0.717, 1.165) is 35.1 Å². The maximum Gasteiger partial charge on any atom is 0.310 e. The average molecular weight is 379 g/mol. The molecule has 28 heavy (non-hydrogen) atoms. The van der Waals surface area contributed by atoms with Crippen LogP contribution in [0.2, 0.25) is 0 Å². The molecule has 2 aromatic carbocycles. The van der Waals surface area contributed by atoms with Gasteiger partial charge in [-0.1, -0.05) is 36.4 Å². The van der Waals surface area contributed by atoms with Gasteiger partial charge in [0.05, 0.1) is 6.42 Å². The van der Waals surface area contributed by atoms with Crippen LogP contribution in [0.4, 0.5) is 5.69 Å². The highest BCUT2D eigenvalue weighted by molar-refractivity contribution is 5.88. The van der Waals surface area contributed by atoms with Crippen LogP contribution in [-0.4, -0.2) is 43.6 Å². The topological polar surface area (TPSA) is 74.4 Å². The number of aromatic amines is 1. The quantitative estimate of drug-likeness (QED) is 0.443. The fourth-order valence-electron chi connectivity index (χ4n) is 3.04. The third-order valence-corrected chi connectivity index (χ3v) is 4.56. The number of ether oxygens (including phenoxy) is 1. The predicted octanol–water partition coefficient (Wildman–Crippen LogP) is 2.90. The van der Waals surface area contributed by atoms with Gasteiger partial charge in [0.2, 0.25) is 0 Å². The van der Waals surface area contributed by atoms with Crippen molar-refractivity contribution in [3.05, 3.63) is 66.4 Å². The van der Waals surface area contributed by atoms with Crippen molar-refractivity contribution < 1.29 is 14.3 Å². The highest BCUT2D eigenvalue weighted by Crippen LogP contribution is 2.18. The molecule has 6 heteroatoms. The maximum atomic E-state index is 12.0. The highest BCUT2D eigenvalue weighted by atomic mass is 16.5. The van der Waals surface area contributed by atoms with Crippen LogP contribution in [0.1, 0.15) is 12.0 Å². The Morgan fingerprint density at radius 3 is 2.64 bits per heavy atom. The third-order valence-electron chi connectivity index (χ3n) is 4.56. The summed E-state index contributed by atoms with van der Waals surface area (Å²) in [6, 6.07) is 17.8. The summed E-state index contributed by atoms with van der Waals surface area (Å²) in [6.07, 6.45) is 2.74. The summed E-state index contributed by atoms with van der Waals surface area (Å²) < 4.78 is 5.10. The van der Waals surface area contributed by atoms with E-state index in [1.807, 2.05) is 61.6 Å². The molecule has 0 atom stereocenters. The summed E-state index contributed by atoms with van der Waals surface area (Å²) in [5.74, 6) is -0.696. The number of benzene rings is 2. The average Bonchev–Trinajstić information content (AvgIpc) is 3.13. The molecule has 3 rings (SSSR count). The Balaban J connectivity index is 1.33. The normalized spacial score (nSPS) is 10.6. The number of aromatic nitrogens is 1. The molecular weight excluding hydrogens is 354 g/mol. The van der Waals surface area contributed by atoms with Gasteiger partial charge in [-0.25, -0.2) is 0 Å². The molecular formula is C22H25N3O3. The van der Waals surface area contributed by atoms with Crippen molar-refractivity contribution in [3.63, 3.8) is 0 Å². The van der Waals surface area contributed by atoms with Gasteiger partial charge >= 0.3 is 5.97 Å². The summed E-state index contributed by atoms with van der Waals surface area (Å²) in [4.78, 5) is 29.1. The van der Waals surface area contributed by atoms with Crippen molar-refractivity contribution in [1.29, 1.82) is 0 Å². The van der Waals surface area contributed by atoms with Gasteiger partial charge in [-0.15, -0.1) is 0 Å². The minimum Gasteiger partial charge on any atom is -0.455 e. The first kappa shape index (κ1) is 19.5. The zero-order valence-corrected chi connectivity index (χ0v) is 16.0. The second kappa shape index (κ2) is 9.60. The van der Waals surface area contributed by atoms with Crippen LogP contribution >= 0.6 is 0 Å². The van der Waals surface area contributed by atoms with Crippen LogP contribution in [0.5, 0.6) is 0 Å². The summed E-state index contributed by atoms with van der Waals surface area (Å²) in [5.41, 5.74) is 2.98. The standard InChI is InChI=1S/C22H25N3O3/c1-25(18-8-3-2-4-9-18)13-7-12-23-21(26)16-28-22(27)14-17-15-24-20-11-6-5-10-19(17)20/h2-6,8-11,15,24H,7,12-14,16H2,1H3,(H,23,26). The van der Waals surface area contributed by atoms with Crippen molar-refractivity contribution in [1.82, 2.24) is 10.3 Å². The van der Waals surface area contributed by atoms with Crippen molar-refractivity contribution in [2.45, 2.75) is 12.8 Å². The molecule has 1 amide bonds. The molecule has 6 nitrogen and oxygen atoms in total. The Labute approximate surface area is 164 Å². The first-order valence-electron chi connectivity index (χ1n) is 9.37. The molecule has 0 spiro atoms. The Bertz CT molecular complexity index is 921. The van der Waals surface area contributed by atoms with Crippen LogP contribution in [-0.2, 0) is 20.7 Å². The lowest BCUT2D eigenvalue weighted by atomic mass is 10.1. The lowest BCUT2D eigenvalue weighted by Gasteiger charge is -2.19. The number of H-pyrrole nitrogens is 1. The molecule has 0 aliphatic rings. The van der Waals surface area contributed by atoms with Crippen LogP contribution in [0.25, 0.3) is 10.9 Å². The number of nitrogens with zero attached hydrogens (tertiary/aromatic N) is 1. The number of hydrogen-bond acceptors (Lipinski definition) is 4. The summed E-state index contributed by atoms with van der Waals surface area (Å²) in [6.45, 7) is 1.11. The van der Waals surface area contributed by atoms with E-state index in [1.165, 1.54) is 0 Å². The van der Waals surface area contributed by atoms with Crippen LogP contribution in [0.15, 0.2) is 60.8 Å². The van der Waals surface area contributed by atoms with E-state index >= 15 is 0 Å². The Kier molecular flexibility index (Phi) is 6.68. The van der Waals surface area contributed by atoms with Crippen LogP contribution in [0, 0.1) is 0 Å². The smallest absolute Gasteiger partial charge is 0.310 e. The third kappa shape index (κ3) is 5.36. The Morgan fingerprint density at radius 2 is 1.82 bits per heavy atom. The molecule has 0 bridgehead atoms. The number of carbonyl (C=O) groups excluding carboxylic acids is 2. The minimum absolute atomic E-state index is 0.138. The Hall–Kier alpha value is -3.28. The number of anilines is 1. The van der Waals surface area contributed by atoms with Gasteiger partial charge in [-0.2, -0.15) is 0 Å². The van der Waals surface area contributed by atoms with E-state index < -0.39 is 5.97 Å². The summed E-state index contributed by atoms with van der Waals surface area (Å²) in [7, 11) is 2.02. The van der Waals surface area contributed by atoms with Crippen molar-refractivity contribution in [2.24, 2.45) is 0 Å². The molecule has 146 valence electrons. The van der Waals surface area contributed by atoms with E-state index in [-0.39, 0.29) is 18.9 Å². The number of para-hydroxylation sites is 2. The number of fused-ring (bicyclic) bond motifs is 1. The van der Waals surface area contributed by atoms with E-state index in [4.69, 9.17) is 4.74 Å². The molecule has 3 aromatic rings. The summed E-state index contributed by atoms with van der Waals surface area (Å²) in [5, 5.41) is 3.78. The molecule has 0 saturated heterocycles. The fourth-order valence-corrected chi connectivity index (χ4v) is 3.04. The molecule has 0 unspecified atom stereocenters. The molecule has 0 saturated carbocycles. The van der Waals surface area contributed by atoms with Crippen LogP contribution < -0.4 is 10.2 Å². The van der Waals surface area contributed by atoms with E-state index in [1.54, 1.807) is 6.20 Å².